The number of thioether (sulfide) groups is 1. The van der Waals surface area contributed by atoms with Gasteiger partial charge in [-0.1, -0.05) is 84.6 Å². The highest BCUT2D eigenvalue weighted by Gasteiger charge is 2.18. The lowest BCUT2D eigenvalue weighted by Crippen LogP contribution is -2.14. The topological polar surface area (TPSA) is 73.5 Å². The van der Waals surface area contributed by atoms with Crippen molar-refractivity contribution < 1.29 is 9.53 Å². The van der Waals surface area contributed by atoms with E-state index in [4.69, 9.17) is 4.74 Å². The maximum absolute atomic E-state index is 12.7. The van der Waals surface area contributed by atoms with E-state index in [0.717, 1.165) is 28.1 Å². The number of nitrogens with zero attached hydrogens (tertiary/aromatic N) is 4. The third-order valence-electron chi connectivity index (χ3n) is 6.17. The Balaban J connectivity index is 1.12. The van der Waals surface area contributed by atoms with Crippen LogP contribution in [0.3, 0.4) is 0 Å². The number of para-hydroxylation sites is 2. The first kappa shape index (κ1) is 23.8. The third-order valence-corrected chi connectivity index (χ3v) is 7.10. The van der Waals surface area contributed by atoms with E-state index in [2.05, 4.69) is 44.3 Å². The summed E-state index contributed by atoms with van der Waals surface area (Å²) in [6, 6.07) is 35.9. The number of hydrogen-bond acceptors (Lipinski definition) is 5. The number of fused-ring (bicyclic) bond motifs is 3. The molecule has 0 aliphatic heterocycles. The number of nitrogens with one attached hydrogen (secondary N) is 1. The number of carbonyl (C=O) groups excluding carboxylic acids is 1. The van der Waals surface area contributed by atoms with Gasteiger partial charge in [0, 0.05) is 5.69 Å². The summed E-state index contributed by atoms with van der Waals surface area (Å²) >= 11 is 1.37. The van der Waals surface area contributed by atoms with Crippen LogP contribution in [-0.4, -0.2) is 30.8 Å². The minimum Gasteiger partial charge on any atom is -0.489 e. The number of benzene rings is 4. The summed E-state index contributed by atoms with van der Waals surface area (Å²) in [6.07, 6.45) is 0. The number of hydrogen-bond donors (Lipinski definition) is 1. The number of ether oxygens (including phenoxy) is 1. The van der Waals surface area contributed by atoms with E-state index in [1.54, 1.807) is 0 Å². The Morgan fingerprint density at radius 2 is 1.42 bits per heavy atom. The average molecular weight is 520 g/mol. The van der Waals surface area contributed by atoms with Gasteiger partial charge in [0.2, 0.25) is 11.7 Å². The van der Waals surface area contributed by atoms with Crippen LogP contribution in [0.1, 0.15) is 11.1 Å². The Morgan fingerprint density at radius 3 is 2.16 bits per heavy atom. The number of aromatic nitrogens is 4. The van der Waals surface area contributed by atoms with Gasteiger partial charge in [-0.3, -0.25) is 9.20 Å². The minimum absolute atomic E-state index is 0.113. The highest BCUT2D eigenvalue weighted by Crippen LogP contribution is 2.27. The van der Waals surface area contributed by atoms with Gasteiger partial charge >= 0.3 is 0 Å². The zero-order valence-corrected chi connectivity index (χ0v) is 21.3. The van der Waals surface area contributed by atoms with Crippen LogP contribution in [0, 0.1) is 0 Å². The van der Waals surface area contributed by atoms with Gasteiger partial charge in [0.25, 0.3) is 0 Å². The highest BCUT2D eigenvalue weighted by molar-refractivity contribution is 7.99. The molecule has 0 aliphatic rings. The van der Waals surface area contributed by atoms with E-state index in [0.29, 0.717) is 24.0 Å². The van der Waals surface area contributed by atoms with Gasteiger partial charge in [0.05, 0.1) is 23.3 Å². The fourth-order valence-electron chi connectivity index (χ4n) is 4.36. The van der Waals surface area contributed by atoms with Crippen molar-refractivity contribution in [2.45, 2.75) is 18.3 Å². The lowest BCUT2D eigenvalue weighted by Gasteiger charge is -2.08. The number of rotatable bonds is 9. The van der Waals surface area contributed by atoms with E-state index in [9.17, 15) is 4.79 Å². The van der Waals surface area contributed by atoms with E-state index in [1.165, 1.54) is 17.3 Å². The molecule has 6 aromatic rings. The van der Waals surface area contributed by atoms with Crippen molar-refractivity contribution in [3.63, 3.8) is 0 Å². The molecule has 38 heavy (non-hydrogen) atoms. The summed E-state index contributed by atoms with van der Waals surface area (Å²) in [5, 5.41) is 12.5. The Morgan fingerprint density at radius 1 is 0.763 bits per heavy atom. The minimum atomic E-state index is -0.113. The van der Waals surface area contributed by atoms with Gasteiger partial charge in [-0.15, -0.1) is 10.2 Å². The quantitative estimate of drug-likeness (QED) is 0.236. The Hall–Kier alpha value is -4.56. The van der Waals surface area contributed by atoms with Crippen molar-refractivity contribution in [3.05, 3.63) is 120 Å². The summed E-state index contributed by atoms with van der Waals surface area (Å²) in [5.74, 6) is 1.60. The number of carbonyl (C=O) groups is 1. The lowest BCUT2D eigenvalue weighted by atomic mass is 10.2. The molecular weight excluding hydrogens is 494 g/mol. The number of amides is 1. The summed E-state index contributed by atoms with van der Waals surface area (Å²) in [5.41, 5.74) is 5.09. The van der Waals surface area contributed by atoms with Crippen LogP contribution >= 0.6 is 11.8 Å². The second-order valence-corrected chi connectivity index (χ2v) is 9.76. The molecule has 0 radical (unpaired) electrons. The molecule has 2 aromatic heterocycles. The van der Waals surface area contributed by atoms with Crippen LogP contribution in [-0.2, 0) is 17.9 Å². The monoisotopic (exact) mass is 519 g/mol. The van der Waals surface area contributed by atoms with Crippen LogP contribution in [0.15, 0.2) is 114 Å². The van der Waals surface area contributed by atoms with Gasteiger partial charge in [-0.25, -0.2) is 0 Å². The van der Waals surface area contributed by atoms with Gasteiger partial charge < -0.3 is 14.6 Å². The molecule has 0 fully saturated rings. The Bertz CT molecular complexity index is 1680. The highest BCUT2D eigenvalue weighted by atomic mass is 32.2. The summed E-state index contributed by atoms with van der Waals surface area (Å²) in [7, 11) is 0. The standard InChI is InChI=1S/C30H25N5O2S/c36-28(31-24-15-17-25(18-16-24)37-20-23-11-5-2-6-12-23)21-38-30-33-32-29-34(19-22-9-3-1-4-10-22)26-13-7-8-14-27(26)35(29)30/h1-18H,19-21H2,(H,31,36). The van der Waals surface area contributed by atoms with Gasteiger partial charge in [0.15, 0.2) is 5.16 Å². The van der Waals surface area contributed by atoms with Crippen LogP contribution in [0.25, 0.3) is 16.8 Å². The molecule has 4 aromatic carbocycles. The molecule has 0 unspecified atom stereocenters. The van der Waals surface area contributed by atoms with E-state index in [1.807, 2.05) is 89.3 Å². The normalized spacial score (nSPS) is 11.2. The molecule has 0 spiro atoms. The number of imidazole rings is 1. The molecule has 0 aliphatic carbocycles. The molecule has 6 rings (SSSR count). The van der Waals surface area contributed by atoms with E-state index in [-0.39, 0.29) is 11.7 Å². The molecule has 0 bridgehead atoms. The molecule has 1 amide bonds. The Kier molecular flexibility index (Phi) is 6.78. The first-order chi connectivity index (χ1) is 18.7. The first-order valence-electron chi connectivity index (χ1n) is 12.3. The smallest absolute Gasteiger partial charge is 0.237 e. The Labute approximate surface area is 224 Å². The predicted molar refractivity (Wildman–Crippen MR) is 151 cm³/mol. The van der Waals surface area contributed by atoms with Crippen molar-refractivity contribution in [2.24, 2.45) is 0 Å². The zero-order chi connectivity index (χ0) is 25.7. The maximum Gasteiger partial charge on any atom is 0.237 e. The van der Waals surface area contributed by atoms with Crippen LogP contribution in [0.2, 0.25) is 0 Å². The SMILES string of the molecule is O=C(CSc1nnc2n(Cc3ccccc3)c3ccccc3n12)Nc1ccc(OCc2ccccc2)cc1. The molecular formula is C30H25N5O2S. The van der Waals surface area contributed by atoms with Gasteiger partial charge in [0.1, 0.15) is 12.4 Å². The second-order valence-electron chi connectivity index (χ2n) is 8.81. The van der Waals surface area contributed by atoms with Crippen LogP contribution in [0.4, 0.5) is 5.69 Å². The maximum atomic E-state index is 12.7. The lowest BCUT2D eigenvalue weighted by molar-refractivity contribution is -0.113. The molecule has 0 atom stereocenters. The number of anilines is 1. The molecule has 8 heteroatoms. The van der Waals surface area contributed by atoms with Crippen LogP contribution in [0.5, 0.6) is 5.75 Å². The third kappa shape index (κ3) is 5.12. The van der Waals surface area contributed by atoms with Gasteiger partial charge in [-0.2, -0.15) is 0 Å². The van der Waals surface area contributed by atoms with Crippen molar-refractivity contribution in [1.82, 2.24) is 19.2 Å². The summed E-state index contributed by atoms with van der Waals surface area (Å²) < 4.78 is 10.0. The molecule has 0 saturated carbocycles. The molecule has 7 nitrogen and oxygen atoms in total. The largest absolute Gasteiger partial charge is 0.489 e. The van der Waals surface area contributed by atoms with E-state index < -0.39 is 0 Å². The summed E-state index contributed by atoms with van der Waals surface area (Å²) in [4.78, 5) is 12.7. The first-order valence-corrected chi connectivity index (χ1v) is 13.3. The van der Waals surface area contributed by atoms with Crippen LogP contribution < -0.4 is 10.1 Å². The summed E-state index contributed by atoms with van der Waals surface area (Å²) in [6.45, 7) is 1.18. The fourth-order valence-corrected chi connectivity index (χ4v) is 5.10. The average Bonchev–Trinajstić information content (AvgIpc) is 3.52. The fraction of sp³-hybridized carbons (Fsp3) is 0.100. The van der Waals surface area contributed by atoms with Crippen molar-refractivity contribution in [1.29, 1.82) is 0 Å². The predicted octanol–water partition coefficient (Wildman–Crippen LogP) is 6.04. The molecule has 0 saturated heterocycles. The molecule has 2 heterocycles. The van der Waals surface area contributed by atoms with Crippen molar-refractivity contribution in [2.75, 3.05) is 11.1 Å². The van der Waals surface area contributed by atoms with Crippen molar-refractivity contribution >= 4 is 40.2 Å². The van der Waals surface area contributed by atoms with Crippen molar-refractivity contribution in [3.8, 4) is 5.75 Å². The van der Waals surface area contributed by atoms with E-state index >= 15 is 0 Å². The molecule has 1 N–H and O–H groups in total. The second kappa shape index (κ2) is 10.8. The zero-order valence-electron chi connectivity index (χ0n) is 20.5. The molecule has 188 valence electrons. The van der Waals surface area contributed by atoms with Gasteiger partial charge in [-0.05, 0) is 47.5 Å².